The molecular weight excluding hydrogens is 341 g/mol. The van der Waals surface area contributed by atoms with Crippen LogP contribution in [-0.2, 0) is 17.8 Å². The van der Waals surface area contributed by atoms with Crippen LogP contribution in [-0.4, -0.2) is 35.2 Å². The van der Waals surface area contributed by atoms with Crippen LogP contribution in [0, 0.1) is 5.82 Å². The van der Waals surface area contributed by atoms with E-state index in [1.807, 2.05) is 12.1 Å². The summed E-state index contributed by atoms with van der Waals surface area (Å²) in [7, 11) is 0.423. The molecule has 1 aromatic carbocycles. The van der Waals surface area contributed by atoms with Gasteiger partial charge in [0.15, 0.2) is 0 Å². The first-order valence-electron chi connectivity index (χ1n) is 7.51. The molecule has 8 heteroatoms. The largest absolute Gasteiger partial charge is 0.361 e. The number of aromatic nitrogens is 5. The molecule has 126 valence electrons. The molecule has 0 aliphatic carbocycles. The van der Waals surface area contributed by atoms with E-state index in [4.69, 9.17) is 0 Å². The molecule has 1 N–H and O–H groups in total. The van der Waals surface area contributed by atoms with Gasteiger partial charge in [-0.05, 0) is 30.3 Å². The molecule has 0 spiro atoms. The number of halogens is 1. The molecule has 0 amide bonds. The molecule has 1 unspecified atom stereocenters. The molecule has 4 rings (SSSR count). The van der Waals surface area contributed by atoms with E-state index in [2.05, 4.69) is 20.1 Å². The van der Waals surface area contributed by atoms with Gasteiger partial charge in [0.2, 0.25) is 5.16 Å². The fraction of sp³-hybridized carbons (Fsp3) is 0.118. The van der Waals surface area contributed by atoms with E-state index < -0.39 is 10.8 Å². The topological polar surface area (TPSA) is 76.5 Å². The van der Waals surface area contributed by atoms with Crippen LogP contribution >= 0.6 is 0 Å². The molecular formula is C17H14FN5OS. The Morgan fingerprint density at radius 3 is 2.68 bits per heavy atom. The molecule has 0 bridgehead atoms. The molecule has 0 saturated heterocycles. The summed E-state index contributed by atoms with van der Waals surface area (Å²) in [6.07, 6.45) is 4.92. The van der Waals surface area contributed by atoms with Crippen LogP contribution in [0.5, 0.6) is 0 Å². The first kappa shape index (κ1) is 15.6. The Labute approximate surface area is 145 Å². The summed E-state index contributed by atoms with van der Waals surface area (Å²) in [5.41, 5.74) is 3.16. The van der Waals surface area contributed by atoms with Crippen LogP contribution in [0.15, 0.2) is 47.9 Å². The number of H-pyrrole nitrogens is 1. The van der Waals surface area contributed by atoms with Gasteiger partial charge in [-0.1, -0.05) is 0 Å². The van der Waals surface area contributed by atoms with Gasteiger partial charge in [0, 0.05) is 42.2 Å². The van der Waals surface area contributed by atoms with Crippen molar-refractivity contribution >= 4 is 21.7 Å². The second kappa shape index (κ2) is 5.89. The highest BCUT2D eigenvalue weighted by molar-refractivity contribution is 7.84. The number of benzene rings is 1. The monoisotopic (exact) mass is 355 g/mol. The molecule has 0 radical (unpaired) electrons. The molecule has 0 aliphatic heterocycles. The maximum atomic E-state index is 14.0. The lowest BCUT2D eigenvalue weighted by Crippen LogP contribution is -2.03. The maximum absolute atomic E-state index is 14.0. The van der Waals surface area contributed by atoms with Gasteiger partial charge in [-0.25, -0.2) is 14.4 Å². The molecule has 0 fully saturated rings. The zero-order valence-electron chi connectivity index (χ0n) is 13.5. The first-order chi connectivity index (χ1) is 12.0. The minimum Gasteiger partial charge on any atom is -0.361 e. The van der Waals surface area contributed by atoms with Crippen molar-refractivity contribution in [1.29, 1.82) is 0 Å². The van der Waals surface area contributed by atoms with E-state index in [0.29, 0.717) is 22.5 Å². The Kier molecular flexibility index (Phi) is 3.69. The lowest BCUT2D eigenvalue weighted by molar-refractivity contribution is 0.630. The molecule has 1 atom stereocenters. The third-order valence-corrected chi connectivity index (χ3v) is 4.65. The molecule has 0 saturated carbocycles. The van der Waals surface area contributed by atoms with Gasteiger partial charge < -0.3 is 4.98 Å². The summed E-state index contributed by atoms with van der Waals surface area (Å²) in [6.45, 7) is 0. The lowest BCUT2D eigenvalue weighted by atomic mass is 10.1. The molecule has 25 heavy (non-hydrogen) atoms. The Morgan fingerprint density at radius 2 is 1.96 bits per heavy atom. The number of aryl methyl sites for hydroxylation is 1. The Morgan fingerprint density at radius 1 is 1.16 bits per heavy atom. The Hall–Kier alpha value is -2.87. The average molecular weight is 355 g/mol. The normalized spacial score (nSPS) is 12.6. The number of hydrogen-bond acceptors (Lipinski definition) is 4. The van der Waals surface area contributed by atoms with Crippen LogP contribution in [0.2, 0.25) is 0 Å². The molecule has 6 nitrogen and oxygen atoms in total. The molecule has 3 heterocycles. The number of rotatable bonds is 3. The van der Waals surface area contributed by atoms with Crippen LogP contribution in [0.3, 0.4) is 0 Å². The van der Waals surface area contributed by atoms with Crippen LogP contribution in [0.4, 0.5) is 4.39 Å². The molecule has 0 aliphatic rings. The first-order valence-corrected chi connectivity index (χ1v) is 9.06. The van der Waals surface area contributed by atoms with Crippen molar-refractivity contribution in [1.82, 2.24) is 24.7 Å². The average Bonchev–Trinajstić information content (AvgIpc) is 3.22. The van der Waals surface area contributed by atoms with Gasteiger partial charge in [-0.3, -0.25) is 8.89 Å². The van der Waals surface area contributed by atoms with Crippen LogP contribution in [0.1, 0.15) is 0 Å². The van der Waals surface area contributed by atoms with E-state index in [-0.39, 0.29) is 11.0 Å². The smallest absolute Gasteiger partial charge is 0.219 e. The van der Waals surface area contributed by atoms with Gasteiger partial charge in [0.25, 0.3) is 0 Å². The second-order valence-electron chi connectivity index (χ2n) is 5.61. The number of hydrogen-bond donors (Lipinski definition) is 1. The summed E-state index contributed by atoms with van der Waals surface area (Å²) in [4.78, 5) is 11.8. The summed E-state index contributed by atoms with van der Waals surface area (Å²) in [5, 5.41) is 5.17. The highest BCUT2D eigenvalue weighted by atomic mass is 32.2. The summed E-state index contributed by atoms with van der Waals surface area (Å²) >= 11 is 0. The van der Waals surface area contributed by atoms with Gasteiger partial charge in [-0.15, -0.1) is 0 Å². The van der Waals surface area contributed by atoms with Crippen molar-refractivity contribution < 1.29 is 8.60 Å². The number of nitrogens with one attached hydrogen (secondary N) is 1. The third kappa shape index (κ3) is 2.74. The summed E-state index contributed by atoms with van der Waals surface area (Å²) in [5.74, 6) is -0.371. The summed E-state index contributed by atoms with van der Waals surface area (Å²) < 4.78 is 27.7. The van der Waals surface area contributed by atoms with Gasteiger partial charge in [0.05, 0.1) is 27.9 Å². The number of aromatic amines is 1. The minimum atomic E-state index is -1.37. The van der Waals surface area contributed by atoms with E-state index in [0.717, 1.165) is 11.1 Å². The van der Waals surface area contributed by atoms with Gasteiger partial charge in [0.1, 0.15) is 5.82 Å². The van der Waals surface area contributed by atoms with E-state index in [1.165, 1.54) is 18.4 Å². The SMILES string of the molecule is Cn1nccc1-c1cc(-c2cc(F)cc3[nH]ccc23)nc(S(C)=O)n1. The molecule has 3 aromatic heterocycles. The number of fused-ring (bicyclic) bond motifs is 1. The van der Waals surface area contributed by atoms with E-state index in [9.17, 15) is 8.60 Å². The van der Waals surface area contributed by atoms with Crippen molar-refractivity contribution in [3.8, 4) is 22.6 Å². The highest BCUT2D eigenvalue weighted by Gasteiger charge is 2.15. The zero-order chi connectivity index (χ0) is 17.6. The van der Waals surface area contributed by atoms with Crippen LogP contribution in [0.25, 0.3) is 33.5 Å². The maximum Gasteiger partial charge on any atom is 0.219 e. The van der Waals surface area contributed by atoms with Gasteiger partial charge >= 0.3 is 0 Å². The van der Waals surface area contributed by atoms with Crippen molar-refractivity contribution in [3.05, 3.63) is 48.5 Å². The van der Waals surface area contributed by atoms with Crippen molar-refractivity contribution in [2.75, 3.05) is 6.26 Å². The standard InChI is InChI=1S/C17H14FN5OS/c1-23-16(4-6-20-23)15-9-14(21-17(22-15)25(2)24)12-7-10(18)8-13-11(12)3-5-19-13/h3-9,19H,1-2H3. The van der Waals surface area contributed by atoms with Gasteiger partial charge in [-0.2, -0.15) is 5.10 Å². The van der Waals surface area contributed by atoms with Crippen molar-refractivity contribution in [2.45, 2.75) is 5.16 Å². The quantitative estimate of drug-likeness (QED) is 0.573. The minimum absolute atomic E-state index is 0.196. The zero-order valence-corrected chi connectivity index (χ0v) is 14.3. The lowest BCUT2D eigenvalue weighted by Gasteiger charge is -2.09. The van der Waals surface area contributed by atoms with E-state index >= 15 is 0 Å². The third-order valence-electron chi connectivity index (χ3n) is 3.96. The fourth-order valence-corrected chi connectivity index (χ4v) is 3.25. The second-order valence-corrected chi connectivity index (χ2v) is 6.88. The predicted octanol–water partition coefficient (Wildman–Crippen LogP) is 2.90. The van der Waals surface area contributed by atoms with Crippen molar-refractivity contribution in [2.24, 2.45) is 7.05 Å². The fourth-order valence-electron chi connectivity index (χ4n) is 2.79. The Balaban J connectivity index is 2.01. The molecule has 4 aromatic rings. The van der Waals surface area contributed by atoms with E-state index in [1.54, 1.807) is 30.2 Å². The van der Waals surface area contributed by atoms with Crippen LogP contribution < -0.4 is 0 Å². The Bertz CT molecular complexity index is 1120. The predicted molar refractivity (Wildman–Crippen MR) is 93.8 cm³/mol. The summed E-state index contributed by atoms with van der Waals surface area (Å²) in [6, 6.07) is 8.29. The highest BCUT2D eigenvalue weighted by Crippen LogP contribution is 2.30. The number of nitrogens with zero attached hydrogens (tertiary/aromatic N) is 4. The van der Waals surface area contributed by atoms with Crippen molar-refractivity contribution in [3.63, 3.8) is 0 Å².